The second-order valence-electron chi connectivity index (χ2n) is 4.24. The molecule has 1 aliphatic heterocycles. The number of aromatic nitrogens is 1. The van der Waals surface area contributed by atoms with Crippen LogP contribution >= 0.6 is 0 Å². The molecular weight excluding hydrogens is 200 g/mol. The zero-order valence-corrected chi connectivity index (χ0v) is 9.02. The lowest BCUT2D eigenvalue weighted by Gasteiger charge is -2.34. The predicted molar refractivity (Wildman–Crippen MR) is 62.9 cm³/mol. The Bertz CT molecular complexity index is 453. The number of fused-ring (bicyclic) bond motifs is 1. The van der Waals surface area contributed by atoms with E-state index in [1.807, 2.05) is 12.3 Å². The Labute approximate surface area is 94.8 Å². The second-order valence-corrected chi connectivity index (χ2v) is 4.24. The summed E-state index contributed by atoms with van der Waals surface area (Å²) < 4.78 is 5.24. The molecule has 2 aliphatic rings. The molecule has 82 valence electrons. The van der Waals surface area contributed by atoms with E-state index in [1.165, 1.54) is 18.3 Å². The summed E-state index contributed by atoms with van der Waals surface area (Å²) in [7, 11) is 0. The standard InChI is InChI=1S/C13H14N2O/c1-2-16-11-5-10(6-14-8-11)12-4-3-9-7-15-13(9)12/h2,4-6,8-9,13,15H,1,3,7H2/t9-,13+/m0/s1. The number of pyridine rings is 1. The van der Waals surface area contributed by atoms with Gasteiger partial charge in [0.1, 0.15) is 5.75 Å². The Hall–Kier alpha value is -1.61. The molecule has 1 aliphatic carbocycles. The Kier molecular flexibility index (Phi) is 2.26. The highest BCUT2D eigenvalue weighted by Crippen LogP contribution is 2.37. The first kappa shape index (κ1) is 9.60. The minimum Gasteiger partial charge on any atom is -0.464 e. The largest absolute Gasteiger partial charge is 0.464 e. The number of ether oxygens (including phenoxy) is 1. The Morgan fingerprint density at radius 2 is 2.44 bits per heavy atom. The molecule has 0 spiro atoms. The SMILES string of the molecule is C=COc1cncc(C2=CC[C@H]3CN[C@@H]23)c1. The molecule has 0 aromatic carbocycles. The molecular formula is C13H14N2O. The summed E-state index contributed by atoms with van der Waals surface area (Å²) >= 11 is 0. The van der Waals surface area contributed by atoms with E-state index in [0.29, 0.717) is 6.04 Å². The molecule has 1 N–H and O–H groups in total. The summed E-state index contributed by atoms with van der Waals surface area (Å²) in [5, 5.41) is 3.45. The van der Waals surface area contributed by atoms with Gasteiger partial charge in [0, 0.05) is 24.3 Å². The highest BCUT2D eigenvalue weighted by Gasteiger charge is 2.37. The van der Waals surface area contributed by atoms with Crippen LogP contribution in [0.3, 0.4) is 0 Å². The van der Waals surface area contributed by atoms with Gasteiger partial charge in [-0.2, -0.15) is 0 Å². The van der Waals surface area contributed by atoms with E-state index in [9.17, 15) is 0 Å². The zero-order valence-electron chi connectivity index (χ0n) is 9.02. The molecule has 0 amide bonds. The Morgan fingerprint density at radius 3 is 3.12 bits per heavy atom. The molecule has 3 rings (SSSR count). The third-order valence-corrected chi connectivity index (χ3v) is 3.31. The van der Waals surface area contributed by atoms with E-state index in [2.05, 4.69) is 23.0 Å². The molecule has 0 unspecified atom stereocenters. The van der Waals surface area contributed by atoms with Gasteiger partial charge in [0.25, 0.3) is 0 Å². The lowest BCUT2D eigenvalue weighted by Crippen LogP contribution is -2.50. The zero-order chi connectivity index (χ0) is 11.0. The van der Waals surface area contributed by atoms with Crippen LogP contribution in [0.15, 0.2) is 37.4 Å². The molecule has 16 heavy (non-hydrogen) atoms. The highest BCUT2D eigenvalue weighted by atomic mass is 16.5. The molecule has 1 aromatic rings. The van der Waals surface area contributed by atoms with Gasteiger partial charge >= 0.3 is 0 Å². The second kappa shape index (κ2) is 3.76. The minimum atomic E-state index is 0.529. The fraction of sp³-hybridized carbons (Fsp3) is 0.308. The molecule has 1 saturated heterocycles. The number of nitrogens with one attached hydrogen (secondary N) is 1. The first-order valence-electron chi connectivity index (χ1n) is 5.55. The minimum absolute atomic E-state index is 0.529. The number of hydrogen-bond donors (Lipinski definition) is 1. The smallest absolute Gasteiger partial charge is 0.145 e. The average molecular weight is 214 g/mol. The van der Waals surface area contributed by atoms with Gasteiger partial charge in [0.15, 0.2) is 0 Å². The first-order valence-corrected chi connectivity index (χ1v) is 5.55. The van der Waals surface area contributed by atoms with Crippen molar-refractivity contribution in [1.29, 1.82) is 0 Å². The lowest BCUT2D eigenvalue weighted by molar-refractivity contribution is 0.306. The monoisotopic (exact) mass is 214 g/mol. The molecule has 0 radical (unpaired) electrons. The van der Waals surface area contributed by atoms with Crippen LogP contribution in [0.5, 0.6) is 5.75 Å². The lowest BCUT2D eigenvalue weighted by atomic mass is 9.89. The summed E-state index contributed by atoms with van der Waals surface area (Å²) in [6.07, 6.45) is 8.51. The summed E-state index contributed by atoms with van der Waals surface area (Å²) in [5.41, 5.74) is 2.51. The van der Waals surface area contributed by atoms with Gasteiger partial charge in [0.05, 0.1) is 12.5 Å². The van der Waals surface area contributed by atoms with Crippen molar-refractivity contribution >= 4 is 5.57 Å². The van der Waals surface area contributed by atoms with Crippen molar-refractivity contribution in [3.63, 3.8) is 0 Å². The van der Waals surface area contributed by atoms with Crippen molar-refractivity contribution in [3.05, 3.63) is 42.9 Å². The van der Waals surface area contributed by atoms with E-state index >= 15 is 0 Å². The molecule has 0 bridgehead atoms. The van der Waals surface area contributed by atoms with Crippen molar-refractivity contribution in [1.82, 2.24) is 10.3 Å². The maximum atomic E-state index is 5.24. The number of nitrogens with zero attached hydrogens (tertiary/aromatic N) is 1. The van der Waals surface area contributed by atoms with E-state index in [0.717, 1.165) is 23.8 Å². The van der Waals surface area contributed by atoms with Gasteiger partial charge in [0.2, 0.25) is 0 Å². The van der Waals surface area contributed by atoms with Crippen LogP contribution in [0.25, 0.3) is 5.57 Å². The van der Waals surface area contributed by atoms with Crippen LogP contribution in [0.4, 0.5) is 0 Å². The summed E-state index contributed by atoms with van der Waals surface area (Å²) in [5.74, 6) is 1.54. The van der Waals surface area contributed by atoms with Gasteiger partial charge < -0.3 is 10.1 Å². The van der Waals surface area contributed by atoms with E-state index in [1.54, 1.807) is 6.20 Å². The van der Waals surface area contributed by atoms with Gasteiger partial charge in [-0.3, -0.25) is 4.98 Å². The van der Waals surface area contributed by atoms with Crippen molar-refractivity contribution in [3.8, 4) is 5.75 Å². The van der Waals surface area contributed by atoms with Crippen molar-refractivity contribution in [2.24, 2.45) is 5.92 Å². The van der Waals surface area contributed by atoms with Crippen LogP contribution in [-0.4, -0.2) is 17.6 Å². The quantitative estimate of drug-likeness (QED) is 0.781. The fourth-order valence-electron chi connectivity index (χ4n) is 2.43. The summed E-state index contributed by atoms with van der Waals surface area (Å²) in [6, 6.07) is 2.55. The molecule has 3 heteroatoms. The Morgan fingerprint density at radius 1 is 1.50 bits per heavy atom. The fourth-order valence-corrected chi connectivity index (χ4v) is 2.43. The van der Waals surface area contributed by atoms with Crippen LogP contribution < -0.4 is 10.1 Å². The predicted octanol–water partition coefficient (Wildman–Crippen LogP) is 1.98. The number of rotatable bonds is 3. The van der Waals surface area contributed by atoms with E-state index in [4.69, 9.17) is 4.74 Å². The third kappa shape index (κ3) is 1.44. The molecule has 2 heterocycles. The van der Waals surface area contributed by atoms with Crippen LogP contribution in [0.1, 0.15) is 12.0 Å². The average Bonchev–Trinajstić information content (AvgIpc) is 2.55. The number of allylic oxidation sites excluding steroid dienone is 1. The van der Waals surface area contributed by atoms with Crippen molar-refractivity contribution in [2.75, 3.05) is 6.54 Å². The summed E-state index contributed by atoms with van der Waals surface area (Å²) in [4.78, 5) is 4.19. The van der Waals surface area contributed by atoms with Crippen molar-refractivity contribution in [2.45, 2.75) is 12.5 Å². The molecule has 0 saturated carbocycles. The van der Waals surface area contributed by atoms with E-state index < -0.39 is 0 Å². The molecule has 1 aromatic heterocycles. The van der Waals surface area contributed by atoms with Crippen LogP contribution in [0.2, 0.25) is 0 Å². The first-order chi connectivity index (χ1) is 7.88. The van der Waals surface area contributed by atoms with Crippen LogP contribution in [0, 0.1) is 5.92 Å². The topological polar surface area (TPSA) is 34.1 Å². The van der Waals surface area contributed by atoms with Gasteiger partial charge in [-0.05, 0) is 24.0 Å². The molecule has 2 atom stereocenters. The van der Waals surface area contributed by atoms with Crippen LogP contribution in [-0.2, 0) is 0 Å². The molecule has 3 nitrogen and oxygen atoms in total. The molecule has 1 fully saturated rings. The number of hydrogen-bond acceptors (Lipinski definition) is 3. The third-order valence-electron chi connectivity index (χ3n) is 3.31. The maximum Gasteiger partial charge on any atom is 0.145 e. The van der Waals surface area contributed by atoms with Gasteiger partial charge in [-0.15, -0.1) is 0 Å². The highest BCUT2D eigenvalue weighted by molar-refractivity contribution is 5.73. The van der Waals surface area contributed by atoms with Crippen molar-refractivity contribution < 1.29 is 4.74 Å². The maximum absolute atomic E-state index is 5.24. The van der Waals surface area contributed by atoms with E-state index in [-0.39, 0.29) is 0 Å². The summed E-state index contributed by atoms with van der Waals surface area (Å²) in [6.45, 7) is 4.68. The normalized spacial score (nSPS) is 26.6. The van der Waals surface area contributed by atoms with Gasteiger partial charge in [-0.25, -0.2) is 0 Å². The van der Waals surface area contributed by atoms with Gasteiger partial charge in [-0.1, -0.05) is 12.7 Å². The Balaban J connectivity index is 1.88.